The maximum absolute atomic E-state index is 12.0. The minimum atomic E-state index is -0.0496. The molecular weight excluding hydrogens is 238 g/mol. The number of nitrogens with one attached hydrogen (secondary N) is 1. The number of hydrogen-bond acceptors (Lipinski definition) is 3. The van der Waals surface area contributed by atoms with Crippen molar-refractivity contribution in [1.82, 2.24) is 5.32 Å². The van der Waals surface area contributed by atoms with Gasteiger partial charge in [0.15, 0.2) is 0 Å². The lowest BCUT2D eigenvalue weighted by atomic mass is 10.1. The van der Waals surface area contributed by atoms with E-state index in [4.69, 9.17) is 5.73 Å². The van der Waals surface area contributed by atoms with Crippen LogP contribution in [0.5, 0.6) is 0 Å². The third-order valence-corrected chi connectivity index (χ3v) is 3.86. The molecular formula is C15H23N3O. The van der Waals surface area contributed by atoms with E-state index in [1.165, 1.54) is 25.7 Å². The van der Waals surface area contributed by atoms with Crippen molar-refractivity contribution in [2.75, 3.05) is 24.2 Å². The Morgan fingerprint density at radius 1 is 1.37 bits per heavy atom. The van der Waals surface area contributed by atoms with Gasteiger partial charge in [-0.25, -0.2) is 0 Å². The van der Waals surface area contributed by atoms with Crippen LogP contribution in [0.25, 0.3) is 0 Å². The molecule has 1 amide bonds. The summed E-state index contributed by atoms with van der Waals surface area (Å²) in [7, 11) is 1.66. The molecule has 4 nitrogen and oxygen atoms in total. The normalized spacial score (nSPS) is 19.9. The molecule has 0 radical (unpaired) electrons. The summed E-state index contributed by atoms with van der Waals surface area (Å²) < 4.78 is 0. The zero-order valence-electron chi connectivity index (χ0n) is 11.8. The van der Waals surface area contributed by atoms with E-state index in [0.717, 1.165) is 12.2 Å². The van der Waals surface area contributed by atoms with E-state index < -0.39 is 0 Å². The van der Waals surface area contributed by atoms with E-state index in [2.05, 4.69) is 17.1 Å². The van der Waals surface area contributed by atoms with Crippen LogP contribution in [-0.2, 0) is 0 Å². The molecule has 3 N–H and O–H groups in total. The number of carbonyl (C=O) groups is 1. The van der Waals surface area contributed by atoms with Crippen LogP contribution >= 0.6 is 0 Å². The van der Waals surface area contributed by atoms with E-state index in [1.807, 2.05) is 12.1 Å². The average molecular weight is 261 g/mol. The summed E-state index contributed by atoms with van der Waals surface area (Å²) in [5.41, 5.74) is 8.29. The number of nitrogens with zero attached hydrogens (tertiary/aromatic N) is 1. The number of rotatable bonds is 2. The van der Waals surface area contributed by atoms with Gasteiger partial charge in [-0.15, -0.1) is 0 Å². The van der Waals surface area contributed by atoms with Crippen molar-refractivity contribution in [3.05, 3.63) is 23.8 Å². The lowest BCUT2D eigenvalue weighted by Gasteiger charge is -2.31. The smallest absolute Gasteiger partial charge is 0.253 e. The van der Waals surface area contributed by atoms with Gasteiger partial charge in [-0.05, 0) is 38.0 Å². The zero-order valence-corrected chi connectivity index (χ0v) is 11.8. The van der Waals surface area contributed by atoms with Gasteiger partial charge in [0.25, 0.3) is 5.91 Å². The second kappa shape index (κ2) is 5.95. The summed E-state index contributed by atoms with van der Waals surface area (Å²) in [6.45, 7) is 3.22. The van der Waals surface area contributed by atoms with Gasteiger partial charge in [0.2, 0.25) is 0 Å². The number of hydrogen-bond donors (Lipinski definition) is 2. The maximum atomic E-state index is 12.0. The van der Waals surface area contributed by atoms with Crippen LogP contribution in [0.3, 0.4) is 0 Å². The van der Waals surface area contributed by atoms with Crippen LogP contribution in [0.4, 0.5) is 11.4 Å². The highest BCUT2D eigenvalue weighted by atomic mass is 16.1. The maximum Gasteiger partial charge on any atom is 0.253 e. The highest BCUT2D eigenvalue weighted by Crippen LogP contribution is 2.29. The Morgan fingerprint density at radius 3 is 2.89 bits per heavy atom. The van der Waals surface area contributed by atoms with E-state index in [1.54, 1.807) is 13.1 Å². The summed E-state index contributed by atoms with van der Waals surface area (Å²) in [4.78, 5) is 14.3. The molecule has 1 aromatic carbocycles. The van der Waals surface area contributed by atoms with Gasteiger partial charge in [-0.2, -0.15) is 0 Å². The lowest BCUT2D eigenvalue weighted by molar-refractivity contribution is 0.0963. The predicted molar refractivity (Wildman–Crippen MR) is 79.5 cm³/mol. The molecule has 1 fully saturated rings. The average Bonchev–Trinajstić information content (AvgIpc) is 2.62. The molecule has 1 heterocycles. The first-order valence-corrected chi connectivity index (χ1v) is 7.01. The lowest BCUT2D eigenvalue weighted by Crippen LogP contribution is -2.34. The highest BCUT2D eigenvalue weighted by Gasteiger charge is 2.22. The Kier molecular flexibility index (Phi) is 4.30. The van der Waals surface area contributed by atoms with Gasteiger partial charge in [0, 0.05) is 25.3 Å². The van der Waals surface area contributed by atoms with Gasteiger partial charge in [-0.1, -0.05) is 12.8 Å². The third kappa shape index (κ3) is 3.00. The Bertz CT molecular complexity index is 459. The molecule has 1 aliphatic rings. The molecule has 1 atom stereocenters. The second-order valence-electron chi connectivity index (χ2n) is 5.25. The fourth-order valence-electron chi connectivity index (χ4n) is 2.75. The molecule has 1 aliphatic heterocycles. The molecule has 1 saturated heterocycles. The quantitative estimate of drug-likeness (QED) is 0.804. The number of amides is 1. The first-order valence-electron chi connectivity index (χ1n) is 7.01. The van der Waals surface area contributed by atoms with Gasteiger partial charge in [0.05, 0.1) is 11.3 Å². The summed E-state index contributed by atoms with van der Waals surface area (Å²) in [5, 5.41) is 2.70. The highest BCUT2D eigenvalue weighted by molar-refractivity contribution is 6.00. The minimum Gasteiger partial charge on any atom is -0.399 e. The van der Waals surface area contributed by atoms with Gasteiger partial charge in [-0.3, -0.25) is 4.79 Å². The van der Waals surface area contributed by atoms with Crippen LogP contribution < -0.4 is 16.0 Å². The fourth-order valence-corrected chi connectivity index (χ4v) is 2.75. The van der Waals surface area contributed by atoms with E-state index in [-0.39, 0.29) is 5.91 Å². The van der Waals surface area contributed by atoms with Crippen molar-refractivity contribution in [3.63, 3.8) is 0 Å². The van der Waals surface area contributed by atoms with Crippen molar-refractivity contribution < 1.29 is 4.79 Å². The molecule has 1 aromatic rings. The number of carbonyl (C=O) groups excluding carboxylic acids is 1. The van der Waals surface area contributed by atoms with Crippen molar-refractivity contribution in [2.45, 2.75) is 38.6 Å². The number of benzene rings is 1. The van der Waals surface area contributed by atoms with Crippen molar-refractivity contribution in [1.29, 1.82) is 0 Å². The molecule has 0 saturated carbocycles. The van der Waals surface area contributed by atoms with Crippen molar-refractivity contribution >= 4 is 17.3 Å². The first-order chi connectivity index (χ1) is 9.13. The molecule has 0 bridgehead atoms. The largest absolute Gasteiger partial charge is 0.399 e. The molecule has 19 heavy (non-hydrogen) atoms. The molecule has 1 unspecified atom stereocenters. The molecule has 104 valence electrons. The predicted octanol–water partition coefficient (Wildman–Crippen LogP) is 2.40. The Hall–Kier alpha value is -1.71. The number of nitrogen functional groups attached to an aromatic ring is 1. The summed E-state index contributed by atoms with van der Waals surface area (Å²) in [6.07, 6.45) is 4.86. The minimum absolute atomic E-state index is 0.0496. The number of anilines is 2. The van der Waals surface area contributed by atoms with Crippen LogP contribution in [0.15, 0.2) is 18.2 Å². The van der Waals surface area contributed by atoms with E-state index in [9.17, 15) is 4.79 Å². The summed E-state index contributed by atoms with van der Waals surface area (Å²) >= 11 is 0. The van der Waals surface area contributed by atoms with Crippen LogP contribution in [0.1, 0.15) is 43.0 Å². The van der Waals surface area contributed by atoms with Crippen LogP contribution in [0.2, 0.25) is 0 Å². The van der Waals surface area contributed by atoms with Gasteiger partial charge >= 0.3 is 0 Å². The molecule has 0 aromatic heterocycles. The topological polar surface area (TPSA) is 58.4 Å². The summed E-state index contributed by atoms with van der Waals surface area (Å²) in [5.74, 6) is -0.0496. The van der Waals surface area contributed by atoms with Gasteiger partial charge < -0.3 is 16.0 Å². The summed E-state index contributed by atoms with van der Waals surface area (Å²) in [6, 6.07) is 5.98. The first kappa shape index (κ1) is 13.7. The molecule has 4 heteroatoms. The van der Waals surface area contributed by atoms with Crippen molar-refractivity contribution in [2.24, 2.45) is 0 Å². The molecule has 0 aliphatic carbocycles. The fraction of sp³-hybridized carbons (Fsp3) is 0.533. The van der Waals surface area contributed by atoms with Crippen LogP contribution in [-0.4, -0.2) is 25.5 Å². The zero-order chi connectivity index (χ0) is 13.8. The Morgan fingerprint density at radius 2 is 2.16 bits per heavy atom. The van der Waals surface area contributed by atoms with Gasteiger partial charge in [0.1, 0.15) is 0 Å². The standard InChI is InChI=1S/C15H23N3O/c1-11-6-4-3-5-9-18(11)14-10-12(16)7-8-13(14)15(19)17-2/h7-8,10-11H,3-6,9,16H2,1-2H3,(H,17,19). The second-order valence-corrected chi connectivity index (χ2v) is 5.25. The molecule has 0 spiro atoms. The molecule has 2 rings (SSSR count). The Balaban J connectivity index is 2.40. The van der Waals surface area contributed by atoms with Crippen LogP contribution in [0, 0.1) is 0 Å². The Labute approximate surface area is 115 Å². The van der Waals surface area contributed by atoms with E-state index in [0.29, 0.717) is 17.3 Å². The number of nitrogens with two attached hydrogens (primary N) is 1. The SMILES string of the molecule is CNC(=O)c1ccc(N)cc1N1CCCCCC1C. The monoisotopic (exact) mass is 261 g/mol. The van der Waals surface area contributed by atoms with Crippen molar-refractivity contribution in [3.8, 4) is 0 Å². The van der Waals surface area contributed by atoms with E-state index >= 15 is 0 Å². The third-order valence-electron chi connectivity index (χ3n) is 3.86.